The molecule has 1 aliphatic heterocycles. The van der Waals surface area contributed by atoms with Crippen molar-refractivity contribution in [1.29, 1.82) is 0 Å². The van der Waals surface area contributed by atoms with Crippen molar-refractivity contribution in [1.82, 2.24) is 14.9 Å². The highest BCUT2D eigenvalue weighted by atomic mass is 15.2. The highest BCUT2D eigenvalue weighted by Gasteiger charge is 2.22. The van der Waals surface area contributed by atoms with E-state index < -0.39 is 0 Å². The number of aromatic nitrogens is 2. The van der Waals surface area contributed by atoms with Crippen LogP contribution < -0.4 is 5.32 Å². The molecule has 1 aromatic rings. The van der Waals surface area contributed by atoms with Crippen molar-refractivity contribution < 1.29 is 0 Å². The zero-order valence-electron chi connectivity index (χ0n) is 13.3. The highest BCUT2D eigenvalue weighted by Crippen LogP contribution is 2.25. The Morgan fingerprint density at radius 3 is 2.60 bits per heavy atom. The Kier molecular flexibility index (Phi) is 5.35. The molecule has 2 rings (SSSR count). The topological polar surface area (TPSA) is 41.1 Å². The molecule has 0 spiro atoms. The number of hydrogen-bond acceptors (Lipinski definition) is 4. The largest absolute Gasteiger partial charge is 0.370 e. The minimum absolute atomic E-state index is 0.813. The van der Waals surface area contributed by atoms with E-state index in [9.17, 15) is 0 Å². The molecule has 0 radical (unpaired) electrons. The summed E-state index contributed by atoms with van der Waals surface area (Å²) in [4.78, 5) is 11.7. The molecule has 1 saturated heterocycles. The second-order valence-electron chi connectivity index (χ2n) is 6.20. The molecular weight excluding hydrogens is 248 g/mol. The van der Waals surface area contributed by atoms with Crippen LogP contribution >= 0.6 is 0 Å². The van der Waals surface area contributed by atoms with Gasteiger partial charge in [-0.15, -0.1) is 0 Å². The van der Waals surface area contributed by atoms with Gasteiger partial charge in [0.15, 0.2) is 0 Å². The van der Waals surface area contributed by atoms with Crippen LogP contribution in [-0.4, -0.2) is 34.5 Å². The van der Waals surface area contributed by atoms with E-state index in [2.05, 4.69) is 41.0 Å². The Morgan fingerprint density at radius 1 is 1.30 bits per heavy atom. The number of hydrogen-bond donors (Lipinski definition) is 1. The standard InChI is InChI=1S/C16H28N4/c1-5-17-15-10-13(4)18-16(19-15)11-20-8-6-14(7-9-20)12(2)3/h10,12,14H,5-9,11H2,1-4H3,(H,17,18,19). The quantitative estimate of drug-likeness (QED) is 0.897. The van der Waals surface area contributed by atoms with Crippen LogP contribution in [0.15, 0.2) is 6.07 Å². The second kappa shape index (κ2) is 7.02. The van der Waals surface area contributed by atoms with Crippen molar-refractivity contribution in [3.8, 4) is 0 Å². The number of rotatable bonds is 5. The molecule has 0 saturated carbocycles. The molecule has 0 aliphatic carbocycles. The van der Waals surface area contributed by atoms with E-state index in [-0.39, 0.29) is 0 Å². The van der Waals surface area contributed by atoms with Gasteiger partial charge in [-0.3, -0.25) is 4.90 Å². The number of anilines is 1. The van der Waals surface area contributed by atoms with Gasteiger partial charge < -0.3 is 5.32 Å². The first kappa shape index (κ1) is 15.2. The summed E-state index contributed by atoms with van der Waals surface area (Å²) in [5, 5.41) is 3.28. The van der Waals surface area contributed by atoms with Crippen molar-refractivity contribution in [2.75, 3.05) is 25.0 Å². The molecule has 4 nitrogen and oxygen atoms in total. The van der Waals surface area contributed by atoms with Crippen LogP contribution in [-0.2, 0) is 6.54 Å². The summed E-state index contributed by atoms with van der Waals surface area (Å²) < 4.78 is 0. The maximum atomic E-state index is 4.61. The van der Waals surface area contributed by atoms with Gasteiger partial charge in [-0.2, -0.15) is 0 Å². The Labute approximate surface area is 123 Å². The third kappa shape index (κ3) is 4.17. The number of nitrogens with zero attached hydrogens (tertiary/aromatic N) is 3. The lowest BCUT2D eigenvalue weighted by Crippen LogP contribution is -2.35. The van der Waals surface area contributed by atoms with Gasteiger partial charge in [-0.1, -0.05) is 13.8 Å². The lowest BCUT2D eigenvalue weighted by atomic mass is 9.87. The molecular formula is C16H28N4. The van der Waals surface area contributed by atoms with E-state index in [0.717, 1.165) is 42.3 Å². The van der Waals surface area contributed by atoms with E-state index in [1.165, 1.54) is 25.9 Å². The maximum Gasteiger partial charge on any atom is 0.144 e. The van der Waals surface area contributed by atoms with Crippen molar-refractivity contribution in [3.05, 3.63) is 17.6 Å². The molecule has 0 unspecified atom stereocenters. The first-order valence-corrected chi connectivity index (χ1v) is 7.89. The molecule has 0 atom stereocenters. The van der Waals surface area contributed by atoms with Crippen molar-refractivity contribution in [2.45, 2.75) is 47.1 Å². The van der Waals surface area contributed by atoms with Gasteiger partial charge >= 0.3 is 0 Å². The average molecular weight is 276 g/mol. The molecule has 1 aromatic heterocycles. The van der Waals surface area contributed by atoms with Crippen LogP contribution in [0.3, 0.4) is 0 Å². The van der Waals surface area contributed by atoms with Crippen molar-refractivity contribution >= 4 is 5.82 Å². The van der Waals surface area contributed by atoms with E-state index in [1.54, 1.807) is 0 Å². The summed E-state index contributed by atoms with van der Waals surface area (Å²) in [5.74, 6) is 3.60. The molecule has 20 heavy (non-hydrogen) atoms. The molecule has 1 fully saturated rings. The summed E-state index contributed by atoms with van der Waals surface area (Å²) in [6.45, 7) is 12.9. The van der Waals surface area contributed by atoms with Gasteiger partial charge in [-0.25, -0.2) is 9.97 Å². The van der Waals surface area contributed by atoms with Gasteiger partial charge in [0.1, 0.15) is 11.6 Å². The van der Waals surface area contributed by atoms with E-state index in [0.29, 0.717) is 0 Å². The number of piperidine rings is 1. The van der Waals surface area contributed by atoms with Crippen LogP contribution in [0, 0.1) is 18.8 Å². The lowest BCUT2D eigenvalue weighted by Gasteiger charge is -2.33. The van der Waals surface area contributed by atoms with Crippen LogP contribution in [0.1, 0.15) is 45.1 Å². The summed E-state index contributed by atoms with van der Waals surface area (Å²) in [6, 6.07) is 2.01. The molecule has 2 heterocycles. The summed E-state index contributed by atoms with van der Waals surface area (Å²) in [5.41, 5.74) is 1.04. The molecule has 0 aromatic carbocycles. The Hall–Kier alpha value is -1.16. The van der Waals surface area contributed by atoms with E-state index >= 15 is 0 Å². The molecule has 0 amide bonds. The number of nitrogens with one attached hydrogen (secondary N) is 1. The fraction of sp³-hybridized carbons (Fsp3) is 0.750. The Bertz CT molecular complexity index is 422. The average Bonchev–Trinajstić information content (AvgIpc) is 2.39. The third-order valence-electron chi connectivity index (χ3n) is 4.20. The summed E-state index contributed by atoms with van der Waals surface area (Å²) in [6.07, 6.45) is 2.62. The molecule has 4 heteroatoms. The number of likely N-dealkylation sites (tertiary alicyclic amines) is 1. The van der Waals surface area contributed by atoms with Gasteiger partial charge in [0.05, 0.1) is 6.54 Å². The van der Waals surface area contributed by atoms with E-state index in [4.69, 9.17) is 0 Å². The summed E-state index contributed by atoms with van der Waals surface area (Å²) >= 11 is 0. The fourth-order valence-corrected chi connectivity index (χ4v) is 2.95. The Balaban J connectivity index is 1.94. The minimum Gasteiger partial charge on any atom is -0.370 e. The molecule has 112 valence electrons. The SMILES string of the molecule is CCNc1cc(C)nc(CN2CCC(C(C)C)CC2)n1. The van der Waals surface area contributed by atoms with Crippen LogP contribution in [0.2, 0.25) is 0 Å². The third-order valence-corrected chi connectivity index (χ3v) is 4.20. The fourth-order valence-electron chi connectivity index (χ4n) is 2.95. The van der Waals surface area contributed by atoms with Gasteiger partial charge in [-0.05, 0) is 51.6 Å². The predicted molar refractivity (Wildman–Crippen MR) is 83.8 cm³/mol. The van der Waals surface area contributed by atoms with Gasteiger partial charge in [0, 0.05) is 18.3 Å². The molecule has 1 aliphatic rings. The Morgan fingerprint density at radius 2 is 2.00 bits per heavy atom. The maximum absolute atomic E-state index is 4.61. The highest BCUT2D eigenvalue weighted by molar-refractivity contribution is 5.35. The van der Waals surface area contributed by atoms with Crippen LogP contribution in [0.5, 0.6) is 0 Å². The lowest BCUT2D eigenvalue weighted by molar-refractivity contribution is 0.149. The number of aryl methyl sites for hydroxylation is 1. The predicted octanol–water partition coefficient (Wildman–Crippen LogP) is 3.08. The minimum atomic E-state index is 0.813. The molecule has 1 N–H and O–H groups in total. The first-order chi connectivity index (χ1) is 9.58. The molecule has 0 bridgehead atoms. The van der Waals surface area contributed by atoms with Crippen molar-refractivity contribution in [3.63, 3.8) is 0 Å². The van der Waals surface area contributed by atoms with Crippen LogP contribution in [0.25, 0.3) is 0 Å². The van der Waals surface area contributed by atoms with E-state index in [1.807, 2.05) is 13.0 Å². The van der Waals surface area contributed by atoms with Gasteiger partial charge in [0.2, 0.25) is 0 Å². The van der Waals surface area contributed by atoms with Crippen molar-refractivity contribution in [2.24, 2.45) is 11.8 Å². The second-order valence-corrected chi connectivity index (χ2v) is 6.20. The smallest absolute Gasteiger partial charge is 0.144 e. The normalized spacial score (nSPS) is 17.6. The zero-order valence-corrected chi connectivity index (χ0v) is 13.3. The first-order valence-electron chi connectivity index (χ1n) is 7.89. The van der Waals surface area contributed by atoms with Gasteiger partial charge in [0.25, 0.3) is 0 Å². The summed E-state index contributed by atoms with van der Waals surface area (Å²) in [7, 11) is 0. The zero-order chi connectivity index (χ0) is 14.5. The van der Waals surface area contributed by atoms with Crippen LogP contribution in [0.4, 0.5) is 5.82 Å². The monoisotopic (exact) mass is 276 g/mol.